The Kier molecular flexibility index (Phi) is 5.97. The Bertz CT molecular complexity index is 725. The van der Waals surface area contributed by atoms with Gasteiger partial charge in [-0.2, -0.15) is 5.26 Å². The summed E-state index contributed by atoms with van der Waals surface area (Å²) in [4.78, 5) is 17.2. The minimum Gasteiger partial charge on any atom is -0.465 e. The average Bonchev–Trinajstić information content (AvgIpc) is 2.45. The summed E-state index contributed by atoms with van der Waals surface area (Å²) in [7, 11) is 0. The van der Waals surface area contributed by atoms with E-state index in [4.69, 9.17) is 16.9 Å². The number of amides is 1. The number of nitrogens with zero attached hydrogens (tertiary/aromatic N) is 3. The second-order valence-electron chi connectivity index (χ2n) is 7.69. The third kappa shape index (κ3) is 4.18. The highest BCUT2D eigenvalue weighted by molar-refractivity contribution is 6.30. The van der Waals surface area contributed by atoms with Gasteiger partial charge in [-0.05, 0) is 52.5 Å². The summed E-state index contributed by atoms with van der Waals surface area (Å²) in [6.07, 6.45) is 1.90. The van der Waals surface area contributed by atoms with Crippen LogP contribution in [-0.4, -0.2) is 38.7 Å². The summed E-state index contributed by atoms with van der Waals surface area (Å²) in [5, 5.41) is 21.6. The fourth-order valence-corrected chi connectivity index (χ4v) is 3.65. The van der Waals surface area contributed by atoms with Crippen molar-refractivity contribution in [2.45, 2.75) is 64.6 Å². The molecule has 1 heterocycles. The number of aromatic nitrogens is 1. The third-order valence-electron chi connectivity index (χ3n) is 4.87. The van der Waals surface area contributed by atoms with Crippen LogP contribution in [0.3, 0.4) is 0 Å². The van der Waals surface area contributed by atoms with Gasteiger partial charge >= 0.3 is 6.09 Å². The Labute approximate surface area is 158 Å². The van der Waals surface area contributed by atoms with Crippen molar-refractivity contribution < 1.29 is 14.3 Å². The number of nitriles is 1. The van der Waals surface area contributed by atoms with Crippen molar-refractivity contribution >= 4 is 23.5 Å². The fraction of sp³-hybridized carbons (Fsp3) is 0.611. The predicted molar refractivity (Wildman–Crippen MR) is 97.8 cm³/mol. The molecule has 0 radical (unpaired) electrons. The second-order valence-corrected chi connectivity index (χ2v) is 8.05. The molecule has 1 fully saturated rings. The van der Waals surface area contributed by atoms with E-state index in [0.717, 1.165) is 25.3 Å². The first-order chi connectivity index (χ1) is 12.1. The zero-order valence-electron chi connectivity index (χ0n) is 15.4. The van der Waals surface area contributed by atoms with Crippen molar-refractivity contribution in [3.63, 3.8) is 0 Å². The van der Waals surface area contributed by atoms with Gasteiger partial charge in [0.15, 0.2) is 11.6 Å². The van der Waals surface area contributed by atoms with E-state index >= 15 is 0 Å². The molecule has 1 aliphatic carbocycles. The van der Waals surface area contributed by atoms with Crippen LogP contribution in [0, 0.1) is 23.1 Å². The maximum absolute atomic E-state index is 14.4. The summed E-state index contributed by atoms with van der Waals surface area (Å²) >= 11 is 5.93. The number of halogens is 2. The molecule has 8 heteroatoms. The number of carbonyl (C=O) groups is 1. The van der Waals surface area contributed by atoms with Gasteiger partial charge in [-0.25, -0.2) is 14.2 Å². The number of hydrogen-bond donors (Lipinski definition) is 2. The molecule has 2 N–H and O–H groups in total. The first-order valence-corrected chi connectivity index (χ1v) is 8.99. The Morgan fingerprint density at radius 1 is 1.54 bits per heavy atom. The lowest BCUT2D eigenvalue weighted by atomic mass is 9.76. The van der Waals surface area contributed by atoms with Gasteiger partial charge in [-0.1, -0.05) is 18.0 Å². The molecule has 1 aliphatic rings. The van der Waals surface area contributed by atoms with Crippen molar-refractivity contribution in [3.05, 3.63) is 22.6 Å². The molecular weight excluding hydrogens is 359 g/mol. The van der Waals surface area contributed by atoms with Crippen molar-refractivity contribution in [2.75, 3.05) is 5.32 Å². The van der Waals surface area contributed by atoms with Crippen LogP contribution in [0.1, 0.15) is 52.5 Å². The van der Waals surface area contributed by atoms with E-state index in [1.54, 1.807) is 6.07 Å². The Morgan fingerprint density at radius 2 is 2.15 bits per heavy atom. The van der Waals surface area contributed by atoms with Gasteiger partial charge in [0.25, 0.3) is 0 Å². The van der Waals surface area contributed by atoms with Crippen LogP contribution in [-0.2, 0) is 0 Å². The van der Waals surface area contributed by atoms with Gasteiger partial charge in [-0.15, -0.1) is 0 Å². The van der Waals surface area contributed by atoms with Gasteiger partial charge in [-0.3, -0.25) is 4.90 Å². The predicted octanol–water partition coefficient (Wildman–Crippen LogP) is 4.49. The number of rotatable bonds is 5. The molecular formula is C18H24ClFN4O2. The second kappa shape index (κ2) is 7.67. The lowest BCUT2D eigenvalue weighted by Crippen LogP contribution is -2.58. The molecule has 0 saturated heterocycles. The van der Waals surface area contributed by atoms with Crippen LogP contribution in [0.5, 0.6) is 0 Å². The highest BCUT2D eigenvalue weighted by Gasteiger charge is 2.40. The van der Waals surface area contributed by atoms with E-state index in [-0.39, 0.29) is 28.5 Å². The van der Waals surface area contributed by atoms with Crippen LogP contribution in [0.2, 0.25) is 5.15 Å². The van der Waals surface area contributed by atoms with Crippen LogP contribution in [0.15, 0.2) is 6.07 Å². The molecule has 6 nitrogen and oxygen atoms in total. The van der Waals surface area contributed by atoms with Crippen LogP contribution in [0.4, 0.5) is 15.0 Å². The maximum Gasteiger partial charge on any atom is 0.408 e. The summed E-state index contributed by atoms with van der Waals surface area (Å²) in [6.45, 7) is 7.30. The topological polar surface area (TPSA) is 89.3 Å². The third-order valence-corrected chi connectivity index (χ3v) is 5.15. The molecule has 26 heavy (non-hydrogen) atoms. The number of hydrogen-bond acceptors (Lipinski definition) is 4. The highest BCUT2D eigenvalue weighted by Crippen LogP contribution is 2.36. The van der Waals surface area contributed by atoms with Gasteiger partial charge in [0.2, 0.25) is 0 Å². The SMILES string of the molecule is C[C@@H]([C@@H](Nc1nc(Cl)c(C#N)cc1F)C1CCC1)N(C(=O)O)C(C)(C)C. The number of pyridine rings is 1. The van der Waals surface area contributed by atoms with Crippen molar-refractivity contribution in [3.8, 4) is 6.07 Å². The number of anilines is 1. The zero-order chi connectivity index (χ0) is 19.6. The highest BCUT2D eigenvalue weighted by atomic mass is 35.5. The smallest absolute Gasteiger partial charge is 0.408 e. The van der Waals surface area contributed by atoms with E-state index in [1.807, 2.05) is 27.7 Å². The molecule has 0 unspecified atom stereocenters. The molecule has 0 aromatic carbocycles. The van der Waals surface area contributed by atoms with Crippen molar-refractivity contribution in [1.29, 1.82) is 5.26 Å². The maximum atomic E-state index is 14.4. The minimum absolute atomic E-state index is 0.0372. The van der Waals surface area contributed by atoms with Crippen molar-refractivity contribution in [1.82, 2.24) is 9.88 Å². The lowest BCUT2D eigenvalue weighted by molar-refractivity contribution is 0.0552. The molecule has 1 aromatic heterocycles. The lowest BCUT2D eigenvalue weighted by Gasteiger charge is -2.46. The molecule has 0 bridgehead atoms. The molecule has 1 amide bonds. The average molecular weight is 383 g/mol. The normalized spacial score (nSPS) is 17.0. The molecule has 0 spiro atoms. The van der Waals surface area contributed by atoms with E-state index < -0.39 is 23.5 Å². The Morgan fingerprint density at radius 3 is 2.58 bits per heavy atom. The first-order valence-electron chi connectivity index (χ1n) is 8.61. The van der Waals surface area contributed by atoms with Crippen LogP contribution < -0.4 is 5.32 Å². The van der Waals surface area contributed by atoms with Gasteiger partial charge in [0.1, 0.15) is 11.2 Å². The summed E-state index contributed by atoms with van der Waals surface area (Å²) in [5.41, 5.74) is -0.645. The van der Waals surface area contributed by atoms with Crippen LogP contribution in [0.25, 0.3) is 0 Å². The number of carboxylic acid groups (broad SMARTS) is 1. The minimum atomic E-state index is -1.03. The quantitative estimate of drug-likeness (QED) is 0.732. The van der Waals surface area contributed by atoms with E-state index in [9.17, 15) is 14.3 Å². The number of nitrogens with one attached hydrogen (secondary N) is 1. The Hall–Kier alpha value is -2.07. The molecule has 1 aromatic rings. The largest absolute Gasteiger partial charge is 0.465 e. The standard InChI is InChI=1S/C18H24ClFN4O2/c1-10(24(17(25)26)18(2,3)4)14(11-6-5-7-11)22-16-13(20)8-12(9-21)15(19)23-16/h8,10-11,14H,5-7H2,1-4H3,(H,22,23)(H,25,26)/t10-,14+/m0/s1. The van der Waals surface area contributed by atoms with Gasteiger partial charge in [0, 0.05) is 5.54 Å². The first kappa shape index (κ1) is 20.2. The van der Waals surface area contributed by atoms with Gasteiger partial charge in [0.05, 0.1) is 17.6 Å². The van der Waals surface area contributed by atoms with Gasteiger partial charge < -0.3 is 10.4 Å². The molecule has 1 saturated carbocycles. The molecule has 2 rings (SSSR count). The van der Waals surface area contributed by atoms with E-state index in [1.165, 1.54) is 4.90 Å². The molecule has 0 aliphatic heterocycles. The molecule has 2 atom stereocenters. The fourth-order valence-electron chi connectivity index (χ4n) is 3.47. The molecule has 142 valence electrons. The summed E-state index contributed by atoms with van der Waals surface area (Å²) in [6, 6.07) is 2.11. The summed E-state index contributed by atoms with van der Waals surface area (Å²) in [5.74, 6) is -0.526. The van der Waals surface area contributed by atoms with E-state index in [2.05, 4.69) is 10.3 Å². The Balaban J connectivity index is 2.36. The monoisotopic (exact) mass is 382 g/mol. The van der Waals surface area contributed by atoms with Crippen LogP contribution >= 0.6 is 11.6 Å². The van der Waals surface area contributed by atoms with E-state index in [0.29, 0.717) is 0 Å². The summed E-state index contributed by atoms with van der Waals surface area (Å²) < 4.78 is 14.4. The van der Waals surface area contributed by atoms with Crippen molar-refractivity contribution in [2.24, 2.45) is 5.92 Å². The zero-order valence-corrected chi connectivity index (χ0v) is 16.1.